The quantitative estimate of drug-likeness (QED) is 0.276. The first-order valence-corrected chi connectivity index (χ1v) is 9.89. The van der Waals surface area contributed by atoms with Gasteiger partial charge in [0.1, 0.15) is 0 Å². The Hall–Kier alpha value is -0.340. The number of guanidine groups is 1. The molecule has 2 N–H and O–H groups in total. The van der Waals surface area contributed by atoms with Crippen LogP contribution in [0.25, 0.3) is 0 Å². The molecule has 0 spiro atoms. The fourth-order valence-corrected chi connectivity index (χ4v) is 4.12. The maximum atomic E-state index is 5.37. The minimum Gasteiger partial charge on any atom is -0.377 e. The lowest BCUT2D eigenvalue weighted by Crippen LogP contribution is -2.45. The largest absolute Gasteiger partial charge is 0.377 e. The molecule has 2 fully saturated rings. The van der Waals surface area contributed by atoms with Gasteiger partial charge in [0.05, 0.1) is 13.2 Å². The molecule has 3 rings (SSSR count). The van der Waals surface area contributed by atoms with Gasteiger partial charge in [0.25, 0.3) is 0 Å². The number of ether oxygens (including phenoxy) is 1. The molecule has 6 heteroatoms. The van der Waals surface area contributed by atoms with E-state index in [2.05, 4.69) is 28.5 Å². The number of aliphatic imine (C=N–C) groups is 1. The van der Waals surface area contributed by atoms with E-state index in [9.17, 15) is 0 Å². The third kappa shape index (κ3) is 6.71. The Morgan fingerprint density at radius 1 is 1.32 bits per heavy atom. The molecule has 1 atom stereocenters. The van der Waals surface area contributed by atoms with Crippen molar-refractivity contribution < 1.29 is 4.74 Å². The van der Waals surface area contributed by atoms with Crippen LogP contribution in [0, 0.1) is 0 Å². The van der Waals surface area contributed by atoms with Gasteiger partial charge in [0, 0.05) is 38.3 Å². The van der Waals surface area contributed by atoms with Crippen molar-refractivity contribution >= 4 is 29.9 Å². The Morgan fingerprint density at radius 2 is 2.16 bits per heavy atom. The molecule has 1 saturated heterocycles. The van der Waals surface area contributed by atoms with Crippen LogP contribution in [0.5, 0.6) is 0 Å². The second-order valence-corrected chi connectivity index (χ2v) is 7.26. The molecule has 25 heavy (non-hydrogen) atoms. The number of likely N-dealkylation sites (tertiary alicyclic amines) is 1. The minimum atomic E-state index is 0. The van der Waals surface area contributed by atoms with Crippen LogP contribution in [-0.4, -0.2) is 62.3 Å². The second kappa shape index (κ2) is 11.4. The zero-order valence-corrected chi connectivity index (χ0v) is 18.0. The fourth-order valence-electron chi connectivity index (χ4n) is 4.12. The van der Waals surface area contributed by atoms with Crippen molar-refractivity contribution in [1.82, 2.24) is 15.5 Å². The predicted molar refractivity (Wildman–Crippen MR) is 115 cm³/mol. The summed E-state index contributed by atoms with van der Waals surface area (Å²) in [6.45, 7) is 7.98. The molecule has 0 aromatic rings. The minimum absolute atomic E-state index is 0. The molecule has 1 unspecified atom stereocenters. The van der Waals surface area contributed by atoms with Gasteiger partial charge in [-0.2, -0.15) is 0 Å². The van der Waals surface area contributed by atoms with Crippen LogP contribution in [0.15, 0.2) is 16.6 Å². The van der Waals surface area contributed by atoms with E-state index >= 15 is 0 Å². The van der Waals surface area contributed by atoms with Crippen LogP contribution in [0.2, 0.25) is 0 Å². The van der Waals surface area contributed by atoms with Gasteiger partial charge in [-0.3, -0.25) is 9.89 Å². The normalized spacial score (nSPS) is 25.6. The van der Waals surface area contributed by atoms with Crippen LogP contribution >= 0.6 is 24.0 Å². The second-order valence-electron chi connectivity index (χ2n) is 7.26. The van der Waals surface area contributed by atoms with Crippen molar-refractivity contribution in [2.45, 2.75) is 64.0 Å². The van der Waals surface area contributed by atoms with Gasteiger partial charge >= 0.3 is 0 Å². The Morgan fingerprint density at radius 3 is 2.88 bits per heavy atom. The average Bonchev–Trinajstić information content (AvgIpc) is 3.27. The van der Waals surface area contributed by atoms with Crippen molar-refractivity contribution in [2.24, 2.45) is 4.99 Å². The summed E-state index contributed by atoms with van der Waals surface area (Å²) in [6.07, 6.45) is 11.2. The third-order valence-corrected chi connectivity index (χ3v) is 5.51. The molecule has 0 aromatic heterocycles. The topological polar surface area (TPSA) is 48.9 Å². The van der Waals surface area contributed by atoms with Gasteiger partial charge in [0.15, 0.2) is 5.96 Å². The monoisotopic (exact) mass is 462 g/mol. The first-order valence-electron chi connectivity index (χ1n) is 9.89. The van der Waals surface area contributed by atoms with E-state index in [0.29, 0.717) is 6.04 Å². The van der Waals surface area contributed by atoms with E-state index in [1.807, 2.05) is 0 Å². The summed E-state index contributed by atoms with van der Waals surface area (Å²) in [5.41, 5.74) is 1.49. The lowest BCUT2D eigenvalue weighted by Gasteiger charge is -2.24. The van der Waals surface area contributed by atoms with Crippen LogP contribution in [0.4, 0.5) is 0 Å². The maximum Gasteiger partial charge on any atom is 0.191 e. The molecule has 2 heterocycles. The highest BCUT2D eigenvalue weighted by molar-refractivity contribution is 14.0. The number of hydrogen-bond donors (Lipinski definition) is 2. The highest BCUT2D eigenvalue weighted by Gasteiger charge is 2.30. The van der Waals surface area contributed by atoms with Crippen molar-refractivity contribution in [3.05, 3.63) is 11.6 Å². The smallest absolute Gasteiger partial charge is 0.191 e. The molecule has 1 saturated carbocycles. The lowest BCUT2D eigenvalue weighted by molar-refractivity contribution is 0.153. The molecule has 3 aliphatic rings. The van der Waals surface area contributed by atoms with Crippen molar-refractivity contribution in [3.8, 4) is 0 Å². The molecular formula is C19H35IN4O. The van der Waals surface area contributed by atoms with Gasteiger partial charge in [0.2, 0.25) is 0 Å². The van der Waals surface area contributed by atoms with Gasteiger partial charge < -0.3 is 15.4 Å². The zero-order valence-electron chi connectivity index (χ0n) is 15.6. The van der Waals surface area contributed by atoms with Gasteiger partial charge in [-0.1, -0.05) is 24.5 Å². The summed E-state index contributed by atoms with van der Waals surface area (Å²) < 4.78 is 5.37. The molecule has 2 aliphatic heterocycles. The number of nitrogens with zero attached hydrogens (tertiary/aromatic N) is 2. The summed E-state index contributed by atoms with van der Waals surface area (Å²) in [4.78, 5) is 7.48. The van der Waals surface area contributed by atoms with E-state index in [0.717, 1.165) is 51.1 Å². The Labute approximate surface area is 170 Å². The molecule has 0 aromatic carbocycles. The average molecular weight is 462 g/mol. The van der Waals surface area contributed by atoms with E-state index in [1.54, 1.807) is 0 Å². The van der Waals surface area contributed by atoms with E-state index in [4.69, 9.17) is 9.73 Å². The molecule has 0 amide bonds. The number of halogens is 1. The molecule has 5 nitrogen and oxygen atoms in total. The summed E-state index contributed by atoms with van der Waals surface area (Å²) >= 11 is 0. The van der Waals surface area contributed by atoms with E-state index in [-0.39, 0.29) is 24.0 Å². The first-order chi connectivity index (χ1) is 11.8. The van der Waals surface area contributed by atoms with Gasteiger partial charge in [-0.15, -0.1) is 24.0 Å². The summed E-state index contributed by atoms with van der Waals surface area (Å²) in [5, 5.41) is 7.07. The lowest BCUT2D eigenvalue weighted by atomic mass is 10.1. The Balaban J connectivity index is 0.00000225. The molecule has 1 aliphatic carbocycles. The van der Waals surface area contributed by atoms with Crippen molar-refractivity contribution in [3.63, 3.8) is 0 Å². The SMILES string of the molecule is CCNC(=NCCC1=CCOCC1)NC1CCN(C2CCCC2)C1.I. The van der Waals surface area contributed by atoms with Gasteiger partial charge in [-0.25, -0.2) is 0 Å². The fraction of sp³-hybridized carbons (Fsp3) is 0.842. The van der Waals surface area contributed by atoms with Crippen LogP contribution in [0.3, 0.4) is 0 Å². The molecular weight excluding hydrogens is 427 g/mol. The van der Waals surface area contributed by atoms with Crippen LogP contribution in [-0.2, 0) is 4.74 Å². The van der Waals surface area contributed by atoms with Crippen molar-refractivity contribution in [2.75, 3.05) is 39.4 Å². The Kier molecular flexibility index (Phi) is 9.55. The van der Waals surface area contributed by atoms with E-state index < -0.39 is 0 Å². The van der Waals surface area contributed by atoms with E-state index in [1.165, 1.54) is 50.8 Å². The summed E-state index contributed by atoms with van der Waals surface area (Å²) in [7, 11) is 0. The molecule has 144 valence electrons. The number of hydrogen-bond acceptors (Lipinski definition) is 3. The summed E-state index contributed by atoms with van der Waals surface area (Å²) in [6, 6.07) is 1.39. The van der Waals surface area contributed by atoms with Crippen molar-refractivity contribution in [1.29, 1.82) is 0 Å². The number of rotatable bonds is 6. The van der Waals surface area contributed by atoms with Crippen LogP contribution in [0.1, 0.15) is 51.9 Å². The number of nitrogens with one attached hydrogen (secondary N) is 2. The van der Waals surface area contributed by atoms with Gasteiger partial charge in [-0.05, 0) is 39.0 Å². The zero-order chi connectivity index (χ0) is 16.6. The predicted octanol–water partition coefficient (Wildman–Crippen LogP) is 2.91. The highest BCUT2D eigenvalue weighted by Crippen LogP contribution is 2.26. The Bertz CT molecular complexity index is 449. The molecule has 0 radical (unpaired) electrons. The standard InChI is InChI=1S/C19H34N4O.HI/c1-2-20-19(21-11-7-16-9-13-24-14-10-16)22-17-8-12-23(15-17)18-5-3-4-6-18;/h9,17-18H,2-8,10-15H2,1H3,(H2,20,21,22);1H. The highest BCUT2D eigenvalue weighted by atomic mass is 127. The van der Waals surface area contributed by atoms with Crippen LogP contribution < -0.4 is 10.6 Å². The maximum absolute atomic E-state index is 5.37. The molecule has 0 bridgehead atoms. The third-order valence-electron chi connectivity index (χ3n) is 5.51. The first kappa shape index (κ1) is 21.0. The summed E-state index contributed by atoms with van der Waals surface area (Å²) in [5.74, 6) is 0.989.